The molecule has 0 radical (unpaired) electrons. The Kier molecular flexibility index (Phi) is 2.49. The molecule has 0 aromatic carbocycles. The Labute approximate surface area is 102 Å². The predicted molar refractivity (Wildman–Crippen MR) is 63.7 cm³/mol. The van der Waals surface area contributed by atoms with Crippen LogP contribution >= 0.6 is 11.3 Å². The van der Waals surface area contributed by atoms with E-state index in [-0.39, 0.29) is 0 Å². The Morgan fingerprint density at radius 2 is 2.41 bits per heavy atom. The van der Waals surface area contributed by atoms with E-state index >= 15 is 0 Å². The second kappa shape index (κ2) is 4.14. The molecule has 0 spiro atoms. The SMILES string of the molecule is Cc1noc(Cn2ccnc2-c2cccs2)n1. The van der Waals surface area contributed by atoms with Crippen molar-refractivity contribution in [1.29, 1.82) is 0 Å². The molecule has 3 rings (SSSR count). The lowest BCUT2D eigenvalue weighted by molar-refractivity contribution is 0.368. The number of rotatable bonds is 3. The van der Waals surface area contributed by atoms with Crippen LogP contribution in [0.3, 0.4) is 0 Å². The fourth-order valence-electron chi connectivity index (χ4n) is 1.62. The molecule has 3 aromatic rings. The first kappa shape index (κ1) is 10.2. The summed E-state index contributed by atoms with van der Waals surface area (Å²) in [4.78, 5) is 9.66. The van der Waals surface area contributed by atoms with E-state index in [0.29, 0.717) is 18.3 Å². The summed E-state index contributed by atoms with van der Waals surface area (Å²) in [7, 11) is 0. The Hall–Kier alpha value is -1.95. The quantitative estimate of drug-likeness (QED) is 0.711. The maximum Gasteiger partial charge on any atom is 0.246 e. The number of aromatic nitrogens is 4. The van der Waals surface area contributed by atoms with Crippen LogP contribution in [-0.2, 0) is 6.54 Å². The standard InChI is InChI=1S/C11H10N4OS/c1-8-13-10(16-14-8)7-15-5-4-12-11(15)9-3-2-6-17-9/h2-6H,7H2,1H3. The van der Waals surface area contributed by atoms with Gasteiger partial charge in [0.2, 0.25) is 5.89 Å². The van der Waals surface area contributed by atoms with Gasteiger partial charge >= 0.3 is 0 Å². The van der Waals surface area contributed by atoms with Crippen LogP contribution in [0.25, 0.3) is 10.7 Å². The van der Waals surface area contributed by atoms with Crippen LogP contribution in [0.4, 0.5) is 0 Å². The van der Waals surface area contributed by atoms with E-state index < -0.39 is 0 Å². The van der Waals surface area contributed by atoms with Crippen molar-refractivity contribution < 1.29 is 4.52 Å². The highest BCUT2D eigenvalue weighted by Gasteiger charge is 2.10. The van der Waals surface area contributed by atoms with Crippen molar-refractivity contribution in [2.75, 3.05) is 0 Å². The van der Waals surface area contributed by atoms with Crippen molar-refractivity contribution in [3.63, 3.8) is 0 Å². The summed E-state index contributed by atoms with van der Waals surface area (Å²) >= 11 is 1.66. The van der Waals surface area contributed by atoms with Crippen LogP contribution in [0.1, 0.15) is 11.7 Å². The molecule has 0 atom stereocenters. The molecule has 17 heavy (non-hydrogen) atoms. The second-order valence-corrected chi connectivity index (χ2v) is 4.54. The maximum atomic E-state index is 5.10. The minimum Gasteiger partial charge on any atom is -0.337 e. The highest BCUT2D eigenvalue weighted by molar-refractivity contribution is 7.13. The zero-order valence-electron chi connectivity index (χ0n) is 9.20. The summed E-state index contributed by atoms with van der Waals surface area (Å²) < 4.78 is 7.10. The fraction of sp³-hybridized carbons (Fsp3) is 0.182. The van der Waals surface area contributed by atoms with Gasteiger partial charge in [-0.2, -0.15) is 4.98 Å². The van der Waals surface area contributed by atoms with Gasteiger partial charge in [0.05, 0.1) is 4.88 Å². The Morgan fingerprint density at radius 1 is 1.47 bits per heavy atom. The molecule has 0 amide bonds. The van der Waals surface area contributed by atoms with Gasteiger partial charge in [0, 0.05) is 12.4 Å². The van der Waals surface area contributed by atoms with Crippen molar-refractivity contribution >= 4 is 11.3 Å². The minimum atomic E-state index is 0.550. The molecular formula is C11H10N4OS. The van der Waals surface area contributed by atoms with E-state index in [1.165, 1.54) is 0 Å². The molecule has 0 unspecified atom stereocenters. The van der Waals surface area contributed by atoms with Gasteiger partial charge in [-0.3, -0.25) is 0 Å². The van der Waals surface area contributed by atoms with Gasteiger partial charge in [-0.1, -0.05) is 11.2 Å². The van der Waals surface area contributed by atoms with Gasteiger partial charge in [-0.15, -0.1) is 11.3 Å². The first-order chi connectivity index (χ1) is 8.33. The van der Waals surface area contributed by atoms with Gasteiger partial charge in [0.1, 0.15) is 12.4 Å². The first-order valence-corrected chi connectivity index (χ1v) is 6.05. The third kappa shape index (κ3) is 1.99. The third-order valence-electron chi connectivity index (χ3n) is 2.33. The van der Waals surface area contributed by atoms with Crippen LogP contribution < -0.4 is 0 Å². The summed E-state index contributed by atoms with van der Waals surface area (Å²) in [6.45, 7) is 2.36. The molecule has 0 saturated heterocycles. The number of hydrogen-bond acceptors (Lipinski definition) is 5. The molecular weight excluding hydrogens is 236 g/mol. The molecule has 0 aliphatic heterocycles. The van der Waals surface area contributed by atoms with Crippen LogP contribution in [0, 0.1) is 6.92 Å². The van der Waals surface area contributed by atoms with E-state index in [9.17, 15) is 0 Å². The minimum absolute atomic E-state index is 0.550. The van der Waals surface area contributed by atoms with Crippen LogP contribution in [0.5, 0.6) is 0 Å². The van der Waals surface area contributed by atoms with E-state index in [0.717, 1.165) is 10.7 Å². The van der Waals surface area contributed by atoms with Crippen molar-refractivity contribution in [1.82, 2.24) is 19.7 Å². The van der Waals surface area contributed by atoms with Crippen molar-refractivity contribution in [2.24, 2.45) is 0 Å². The topological polar surface area (TPSA) is 56.7 Å². The second-order valence-electron chi connectivity index (χ2n) is 3.59. The van der Waals surface area contributed by atoms with E-state index in [1.54, 1.807) is 24.5 Å². The summed E-state index contributed by atoms with van der Waals surface area (Å²) in [6.07, 6.45) is 3.69. The molecule has 0 bridgehead atoms. The van der Waals surface area contributed by atoms with E-state index in [1.807, 2.05) is 28.3 Å². The zero-order chi connectivity index (χ0) is 11.7. The largest absolute Gasteiger partial charge is 0.337 e. The van der Waals surface area contributed by atoms with Gasteiger partial charge in [-0.25, -0.2) is 4.98 Å². The lowest BCUT2D eigenvalue weighted by Crippen LogP contribution is -2.00. The van der Waals surface area contributed by atoms with E-state index in [4.69, 9.17) is 4.52 Å². The van der Waals surface area contributed by atoms with Crippen molar-refractivity contribution in [3.8, 4) is 10.7 Å². The lowest BCUT2D eigenvalue weighted by atomic mass is 10.4. The summed E-state index contributed by atoms with van der Waals surface area (Å²) in [6, 6.07) is 4.05. The van der Waals surface area contributed by atoms with Crippen molar-refractivity contribution in [2.45, 2.75) is 13.5 Å². The number of thiophene rings is 1. The molecule has 0 saturated carbocycles. The molecule has 0 N–H and O–H groups in total. The highest BCUT2D eigenvalue weighted by Crippen LogP contribution is 2.23. The average molecular weight is 246 g/mol. The molecule has 86 valence electrons. The molecule has 5 nitrogen and oxygen atoms in total. The van der Waals surface area contributed by atoms with Gasteiger partial charge in [-0.05, 0) is 18.4 Å². The molecule has 6 heteroatoms. The molecule has 3 heterocycles. The molecule has 0 aliphatic rings. The van der Waals surface area contributed by atoms with Crippen molar-refractivity contribution in [3.05, 3.63) is 41.6 Å². The monoisotopic (exact) mass is 246 g/mol. The Balaban J connectivity index is 1.92. The molecule has 0 fully saturated rings. The van der Waals surface area contributed by atoms with Gasteiger partial charge < -0.3 is 9.09 Å². The number of imidazole rings is 1. The molecule has 0 aliphatic carbocycles. The summed E-state index contributed by atoms with van der Waals surface area (Å²) in [5.41, 5.74) is 0. The van der Waals surface area contributed by atoms with Crippen LogP contribution in [0.2, 0.25) is 0 Å². The summed E-state index contributed by atoms with van der Waals surface area (Å²) in [5.74, 6) is 2.17. The number of aryl methyl sites for hydroxylation is 1. The maximum absolute atomic E-state index is 5.10. The highest BCUT2D eigenvalue weighted by atomic mass is 32.1. The van der Waals surface area contributed by atoms with Gasteiger partial charge in [0.15, 0.2) is 5.82 Å². The smallest absolute Gasteiger partial charge is 0.246 e. The number of hydrogen-bond donors (Lipinski definition) is 0. The van der Waals surface area contributed by atoms with Crippen LogP contribution in [-0.4, -0.2) is 19.7 Å². The predicted octanol–water partition coefficient (Wildman–Crippen LogP) is 2.35. The Morgan fingerprint density at radius 3 is 3.12 bits per heavy atom. The van der Waals surface area contributed by atoms with Gasteiger partial charge in [0.25, 0.3) is 0 Å². The third-order valence-corrected chi connectivity index (χ3v) is 3.20. The fourth-order valence-corrected chi connectivity index (χ4v) is 2.35. The van der Waals surface area contributed by atoms with E-state index in [2.05, 4.69) is 15.1 Å². The average Bonchev–Trinajstić information content (AvgIpc) is 3.00. The Bertz CT molecular complexity index is 611. The molecule has 3 aromatic heterocycles. The number of nitrogens with zero attached hydrogens (tertiary/aromatic N) is 4. The zero-order valence-corrected chi connectivity index (χ0v) is 10.0. The summed E-state index contributed by atoms with van der Waals surface area (Å²) in [5, 5.41) is 5.81. The van der Waals surface area contributed by atoms with Crippen LogP contribution in [0.15, 0.2) is 34.4 Å². The lowest BCUT2D eigenvalue weighted by Gasteiger charge is -2.02. The first-order valence-electron chi connectivity index (χ1n) is 5.17. The normalized spacial score (nSPS) is 10.9.